The summed E-state index contributed by atoms with van der Waals surface area (Å²) in [7, 11) is 0. The lowest BCUT2D eigenvalue weighted by molar-refractivity contribution is -0.0940. The van der Waals surface area contributed by atoms with Gasteiger partial charge in [0.05, 0.1) is 0 Å². The molecule has 6 aliphatic carbocycles. The Hall–Kier alpha value is 0. The van der Waals surface area contributed by atoms with E-state index in [0.29, 0.717) is 5.41 Å². The standard InChI is InChI=1S/C21H34/c1-21(2,12-19-7-13-3-4-16(19)6-13)20-17-8-14-5-15(10-17)11-18(20)9-14/h13-20H,3-12H2,1-2H3. The van der Waals surface area contributed by atoms with Gasteiger partial charge in [-0.2, -0.15) is 0 Å². The third-order valence-electron chi connectivity index (χ3n) is 8.80. The number of hydrogen-bond donors (Lipinski definition) is 0. The van der Waals surface area contributed by atoms with Crippen molar-refractivity contribution in [3.05, 3.63) is 0 Å². The molecule has 0 aliphatic heterocycles. The Morgan fingerprint density at radius 1 is 0.667 bits per heavy atom. The van der Waals surface area contributed by atoms with Gasteiger partial charge in [-0.3, -0.25) is 0 Å². The molecule has 3 unspecified atom stereocenters. The highest BCUT2D eigenvalue weighted by atomic mass is 14.6. The lowest BCUT2D eigenvalue weighted by Gasteiger charge is -2.59. The summed E-state index contributed by atoms with van der Waals surface area (Å²) in [6.07, 6.45) is 16.0. The molecule has 21 heavy (non-hydrogen) atoms. The first-order chi connectivity index (χ1) is 10.1. The topological polar surface area (TPSA) is 0 Å². The lowest BCUT2D eigenvalue weighted by Crippen LogP contribution is -2.50. The van der Waals surface area contributed by atoms with Crippen molar-refractivity contribution < 1.29 is 0 Å². The van der Waals surface area contributed by atoms with E-state index in [1.54, 1.807) is 64.2 Å². The Kier molecular flexibility index (Phi) is 2.89. The van der Waals surface area contributed by atoms with Crippen LogP contribution in [-0.2, 0) is 0 Å². The van der Waals surface area contributed by atoms with E-state index in [-0.39, 0.29) is 0 Å². The summed E-state index contributed by atoms with van der Waals surface area (Å²) in [5.41, 5.74) is 0.637. The maximum absolute atomic E-state index is 2.67. The van der Waals surface area contributed by atoms with Gasteiger partial charge in [0.25, 0.3) is 0 Å². The van der Waals surface area contributed by atoms with Crippen molar-refractivity contribution in [1.29, 1.82) is 0 Å². The van der Waals surface area contributed by atoms with Gasteiger partial charge in [-0.15, -0.1) is 0 Å². The van der Waals surface area contributed by atoms with Gasteiger partial charge in [0.2, 0.25) is 0 Å². The zero-order chi connectivity index (χ0) is 14.2. The second-order valence-electron chi connectivity index (χ2n) is 10.6. The van der Waals surface area contributed by atoms with Gasteiger partial charge in [-0.05, 0) is 111 Å². The van der Waals surface area contributed by atoms with Crippen molar-refractivity contribution in [2.45, 2.75) is 78.1 Å². The van der Waals surface area contributed by atoms with Crippen molar-refractivity contribution in [2.75, 3.05) is 0 Å². The van der Waals surface area contributed by atoms with Crippen LogP contribution in [0.4, 0.5) is 0 Å². The van der Waals surface area contributed by atoms with Crippen LogP contribution in [0.5, 0.6) is 0 Å². The zero-order valence-electron chi connectivity index (χ0n) is 14.2. The Labute approximate surface area is 131 Å². The molecule has 6 fully saturated rings. The van der Waals surface area contributed by atoms with Crippen molar-refractivity contribution in [2.24, 2.45) is 52.8 Å². The maximum atomic E-state index is 2.67. The van der Waals surface area contributed by atoms with Crippen LogP contribution >= 0.6 is 0 Å². The third kappa shape index (κ3) is 2.07. The molecule has 3 atom stereocenters. The molecule has 0 amide bonds. The highest BCUT2D eigenvalue weighted by Crippen LogP contribution is 2.63. The van der Waals surface area contributed by atoms with Crippen molar-refractivity contribution >= 4 is 0 Å². The second-order valence-corrected chi connectivity index (χ2v) is 10.6. The van der Waals surface area contributed by atoms with E-state index >= 15 is 0 Å². The molecule has 0 aromatic heterocycles. The molecule has 0 N–H and O–H groups in total. The van der Waals surface area contributed by atoms with Crippen molar-refractivity contribution in [3.8, 4) is 0 Å². The van der Waals surface area contributed by atoms with Gasteiger partial charge in [0, 0.05) is 0 Å². The molecule has 0 heteroatoms. The molecular formula is C21H34. The fourth-order valence-electron chi connectivity index (χ4n) is 8.64. The normalized spacial score (nSPS) is 54.6. The molecule has 0 aromatic rings. The predicted octanol–water partition coefficient (Wildman–Crippen LogP) is 5.91. The van der Waals surface area contributed by atoms with Gasteiger partial charge >= 0.3 is 0 Å². The molecule has 0 heterocycles. The van der Waals surface area contributed by atoms with E-state index < -0.39 is 0 Å². The van der Waals surface area contributed by atoms with Crippen molar-refractivity contribution in [1.82, 2.24) is 0 Å². The zero-order valence-corrected chi connectivity index (χ0v) is 14.2. The molecule has 6 aliphatic rings. The highest BCUT2D eigenvalue weighted by Gasteiger charge is 2.53. The third-order valence-corrected chi connectivity index (χ3v) is 8.80. The summed E-state index contributed by atoms with van der Waals surface area (Å²) in [5, 5.41) is 0. The number of rotatable bonds is 3. The molecule has 0 nitrogen and oxygen atoms in total. The molecule has 0 radical (unpaired) electrons. The molecule has 6 rings (SSSR count). The number of fused-ring (bicyclic) bond motifs is 2. The van der Waals surface area contributed by atoms with Gasteiger partial charge in [0.1, 0.15) is 0 Å². The summed E-state index contributed by atoms with van der Waals surface area (Å²) in [4.78, 5) is 0. The van der Waals surface area contributed by atoms with Gasteiger partial charge in [-0.1, -0.05) is 20.3 Å². The van der Waals surface area contributed by atoms with Crippen LogP contribution in [0.15, 0.2) is 0 Å². The van der Waals surface area contributed by atoms with E-state index in [2.05, 4.69) is 13.8 Å². The Bertz CT molecular complexity index is 392. The fraction of sp³-hybridized carbons (Fsp3) is 1.00. The lowest BCUT2D eigenvalue weighted by atomic mass is 9.46. The molecule has 0 saturated heterocycles. The molecule has 6 saturated carbocycles. The number of hydrogen-bond acceptors (Lipinski definition) is 0. The fourth-order valence-corrected chi connectivity index (χ4v) is 8.64. The van der Waals surface area contributed by atoms with Crippen LogP contribution in [0, 0.1) is 52.8 Å². The first kappa shape index (κ1) is 13.4. The minimum Gasteiger partial charge on any atom is -0.0596 e. The van der Waals surface area contributed by atoms with Crippen LogP contribution in [-0.4, -0.2) is 0 Å². The van der Waals surface area contributed by atoms with Crippen LogP contribution in [0.2, 0.25) is 0 Å². The summed E-state index contributed by atoms with van der Waals surface area (Å²) in [6.45, 7) is 5.35. The van der Waals surface area contributed by atoms with E-state index in [1.807, 2.05) is 0 Å². The average Bonchev–Trinajstić information content (AvgIpc) is 2.98. The van der Waals surface area contributed by atoms with Crippen LogP contribution in [0.1, 0.15) is 78.1 Å². The summed E-state index contributed by atoms with van der Waals surface area (Å²) >= 11 is 0. The Balaban J connectivity index is 1.34. The monoisotopic (exact) mass is 286 g/mol. The molecule has 0 aromatic carbocycles. The van der Waals surface area contributed by atoms with E-state index in [0.717, 1.165) is 47.3 Å². The molecule has 0 spiro atoms. The molecular weight excluding hydrogens is 252 g/mol. The van der Waals surface area contributed by atoms with Gasteiger partial charge < -0.3 is 0 Å². The summed E-state index contributed by atoms with van der Waals surface area (Å²) in [5.74, 6) is 8.98. The van der Waals surface area contributed by atoms with Gasteiger partial charge in [-0.25, -0.2) is 0 Å². The first-order valence-corrected chi connectivity index (χ1v) is 10.1. The van der Waals surface area contributed by atoms with E-state index in [4.69, 9.17) is 0 Å². The Morgan fingerprint density at radius 3 is 1.81 bits per heavy atom. The minimum atomic E-state index is 0.637. The minimum absolute atomic E-state index is 0.637. The van der Waals surface area contributed by atoms with Crippen LogP contribution in [0.25, 0.3) is 0 Å². The average molecular weight is 287 g/mol. The smallest absolute Gasteiger partial charge is 0.0305 e. The molecule has 118 valence electrons. The molecule has 6 bridgehead atoms. The van der Waals surface area contributed by atoms with Crippen molar-refractivity contribution in [3.63, 3.8) is 0 Å². The SMILES string of the molecule is CC(C)(CC1CC2CCC1C2)C1C2CC3CC(C2)CC1C3. The quantitative estimate of drug-likeness (QED) is 0.605. The predicted molar refractivity (Wildman–Crippen MR) is 87.9 cm³/mol. The largest absolute Gasteiger partial charge is 0.0596 e. The van der Waals surface area contributed by atoms with Crippen LogP contribution < -0.4 is 0 Å². The summed E-state index contributed by atoms with van der Waals surface area (Å²) in [6, 6.07) is 0. The van der Waals surface area contributed by atoms with E-state index in [1.165, 1.54) is 0 Å². The van der Waals surface area contributed by atoms with Crippen LogP contribution in [0.3, 0.4) is 0 Å². The highest BCUT2D eigenvalue weighted by molar-refractivity contribution is 5.03. The maximum Gasteiger partial charge on any atom is -0.0305 e. The second kappa shape index (κ2) is 4.51. The van der Waals surface area contributed by atoms with Gasteiger partial charge in [0.15, 0.2) is 0 Å². The first-order valence-electron chi connectivity index (χ1n) is 10.1. The Morgan fingerprint density at radius 2 is 1.29 bits per heavy atom. The summed E-state index contributed by atoms with van der Waals surface area (Å²) < 4.78 is 0. The van der Waals surface area contributed by atoms with E-state index in [9.17, 15) is 0 Å².